The summed E-state index contributed by atoms with van der Waals surface area (Å²) in [5.41, 5.74) is 2.96. The molecule has 1 aliphatic rings. The van der Waals surface area contributed by atoms with E-state index in [2.05, 4.69) is 20.7 Å². The molecule has 0 fully saturated rings. The molecule has 108 valence electrons. The van der Waals surface area contributed by atoms with Crippen LogP contribution in [0.15, 0.2) is 30.5 Å². The molecule has 0 spiro atoms. The number of ether oxygens (including phenoxy) is 1. The summed E-state index contributed by atoms with van der Waals surface area (Å²) < 4.78 is 5.52. The quantitative estimate of drug-likeness (QED) is 0.435. The first-order valence-electron chi connectivity index (χ1n) is 6.15. The van der Waals surface area contributed by atoms with E-state index in [4.69, 9.17) is 10.6 Å². The molecule has 21 heavy (non-hydrogen) atoms. The predicted molar refractivity (Wildman–Crippen MR) is 74.8 cm³/mol. The van der Waals surface area contributed by atoms with E-state index >= 15 is 0 Å². The molecule has 2 heterocycles. The highest BCUT2D eigenvalue weighted by Crippen LogP contribution is 2.35. The van der Waals surface area contributed by atoms with Crippen LogP contribution in [0.25, 0.3) is 0 Å². The maximum absolute atomic E-state index is 11.0. The van der Waals surface area contributed by atoms with Crippen molar-refractivity contribution in [2.24, 2.45) is 5.84 Å². The molecule has 1 unspecified atom stereocenters. The molecule has 0 aliphatic carbocycles. The lowest BCUT2D eigenvalue weighted by molar-refractivity contribution is -0.384. The van der Waals surface area contributed by atoms with Crippen molar-refractivity contribution in [3.05, 3.63) is 46.1 Å². The van der Waals surface area contributed by atoms with Crippen molar-refractivity contribution in [1.29, 1.82) is 0 Å². The van der Waals surface area contributed by atoms with E-state index in [9.17, 15) is 10.1 Å². The molecular weight excluding hydrogens is 276 g/mol. The number of rotatable bonds is 4. The lowest BCUT2D eigenvalue weighted by Crippen LogP contribution is -2.17. The van der Waals surface area contributed by atoms with E-state index in [1.807, 2.05) is 24.3 Å². The monoisotopic (exact) mass is 288 g/mol. The second-order valence-corrected chi connectivity index (χ2v) is 4.37. The summed E-state index contributed by atoms with van der Waals surface area (Å²) in [7, 11) is 0. The molecule has 3 rings (SSSR count). The predicted octanol–water partition coefficient (Wildman–Crippen LogP) is 1.22. The maximum Gasteiger partial charge on any atom is 0.329 e. The fraction of sp³-hybridized carbons (Fsp3) is 0.167. The molecule has 1 aromatic carbocycles. The highest BCUT2D eigenvalue weighted by Gasteiger charge is 2.27. The standard InChI is InChI=1S/C12H12N6O3/c13-17-12-14-5-9(18(19)20)11(16-12)15-8-6-21-10-4-2-1-3-7(8)10/h1-5,8H,6,13H2,(H2,14,15,16,17). The number of fused-ring (bicyclic) bond motifs is 1. The van der Waals surface area contributed by atoms with Gasteiger partial charge in [-0.15, -0.1) is 0 Å². The molecule has 1 aromatic heterocycles. The second-order valence-electron chi connectivity index (χ2n) is 4.37. The van der Waals surface area contributed by atoms with Crippen LogP contribution in [0.1, 0.15) is 11.6 Å². The van der Waals surface area contributed by atoms with E-state index < -0.39 is 4.92 Å². The highest BCUT2D eigenvalue weighted by atomic mass is 16.6. The number of aromatic nitrogens is 2. The molecule has 1 aliphatic heterocycles. The number of hydrogen-bond acceptors (Lipinski definition) is 8. The number of benzene rings is 1. The topological polar surface area (TPSA) is 128 Å². The van der Waals surface area contributed by atoms with Gasteiger partial charge in [0.25, 0.3) is 0 Å². The number of nitrogens with one attached hydrogen (secondary N) is 2. The van der Waals surface area contributed by atoms with Crippen molar-refractivity contribution in [3.63, 3.8) is 0 Å². The Hall–Kier alpha value is -2.94. The molecule has 1 atom stereocenters. The van der Waals surface area contributed by atoms with Gasteiger partial charge in [0.15, 0.2) is 0 Å². The minimum absolute atomic E-state index is 0.0910. The number of nitrogen functional groups attached to an aromatic ring is 1. The third-order valence-corrected chi connectivity index (χ3v) is 3.11. The Morgan fingerprint density at radius 3 is 3.00 bits per heavy atom. The molecule has 0 bridgehead atoms. The number of hydrogen-bond donors (Lipinski definition) is 3. The minimum atomic E-state index is -0.551. The summed E-state index contributed by atoms with van der Waals surface area (Å²) >= 11 is 0. The van der Waals surface area contributed by atoms with Crippen molar-refractivity contribution in [2.75, 3.05) is 17.3 Å². The summed E-state index contributed by atoms with van der Waals surface area (Å²) in [6, 6.07) is 7.27. The molecule has 2 aromatic rings. The van der Waals surface area contributed by atoms with Crippen molar-refractivity contribution >= 4 is 17.5 Å². The minimum Gasteiger partial charge on any atom is -0.491 e. The molecular formula is C12H12N6O3. The van der Waals surface area contributed by atoms with Gasteiger partial charge in [-0.25, -0.2) is 10.8 Å². The van der Waals surface area contributed by atoms with Gasteiger partial charge in [-0.2, -0.15) is 4.98 Å². The van der Waals surface area contributed by atoms with Gasteiger partial charge in [0.2, 0.25) is 11.8 Å². The molecule has 0 radical (unpaired) electrons. The number of para-hydroxylation sites is 1. The summed E-state index contributed by atoms with van der Waals surface area (Å²) in [4.78, 5) is 18.2. The zero-order valence-electron chi connectivity index (χ0n) is 10.8. The van der Waals surface area contributed by atoms with Crippen LogP contribution in [0, 0.1) is 10.1 Å². The van der Waals surface area contributed by atoms with Gasteiger partial charge >= 0.3 is 5.69 Å². The SMILES string of the molecule is NNc1ncc([N+](=O)[O-])c(NC2COc3ccccc32)n1. The van der Waals surface area contributed by atoms with Crippen molar-refractivity contribution < 1.29 is 9.66 Å². The Labute approximate surface area is 119 Å². The van der Waals surface area contributed by atoms with E-state index in [-0.39, 0.29) is 23.5 Å². The van der Waals surface area contributed by atoms with Crippen LogP contribution in [0.5, 0.6) is 5.75 Å². The van der Waals surface area contributed by atoms with Gasteiger partial charge in [-0.1, -0.05) is 18.2 Å². The fourth-order valence-corrected chi connectivity index (χ4v) is 2.13. The van der Waals surface area contributed by atoms with Gasteiger partial charge in [0.1, 0.15) is 18.6 Å². The number of nitro groups is 1. The summed E-state index contributed by atoms with van der Waals surface area (Å²) in [5.74, 6) is 6.17. The Morgan fingerprint density at radius 2 is 2.24 bits per heavy atom. The van der Waals surface area contributed by atoms with Crippen LogP contribution in [0.4, 0.5) is 17.5 Å². The van der Waals surface area contributed by atoms with Gasteiger partial charge in [0.05, 0.1) is 11.0 Å². The lowest BCUT2D eigenvalue weighted by Gasteiger charge is -2.12. The smallest absolute Gasteiger partial charge is 0.329 e. The number of anilines is 2. The number of nitrogens with zero attached hydrogens (tertiary/aromatic N) is 3. The van der Waals surface area contributed by atoms with Gasteiger partial charge < -0.3 is 10.1 Å². The zero-order valence-corrected chi connectivity index (χ0v) is 10.8. The van der Waals surface area contributed by atoms with Crippen molar-refractivity contribution in [2.45, 2.75) is 6.04 Å². The summed E-state index contributed by atoms with van der Waals surface area (Å²) in [6.45, 7) is 0.367. The zero-order chi connectivity index (χ0) is 14.8. The van der Waals surface area contributed by atoms with Gasteiger partial charge in [-0.05, 0) is 6.07 Å². The Balaban J connectivity index is 1.93. The van der Waals surface area contributed by atoms with E-state index in [0.29, 0.717) is 6.61 Å². The third-order valence-electron chi connectivity index (χ3n) is 3.11. The summed E-state index contributed by atoms with van der Waals surface area (Å²) in [6.07, 6.45) is 1.10. The van der Waals surface area contributed by atoms with E-state index in [1.54, 1.807) is 0 Å². The Kier molecular flexibility index (Phi) is 3.24. The first kappa shape index (κ1) is 13.1. The number of nitrogens with two attached hydrogens (primary N) is 1. The van der Waals surface area contributed by atoms with Gasteiger partial charge in [-0.3, -0.25) is 15.5 Å². The summed E-state index contributed by atoms with van der Waals surface area (Å²) in [5, 5.41) is 14.1. The number of hydrazine groups is 1. The van der Waals surface area contributed by atoms with Crippen molar-refractivity contribution in [1.82, 2.24) is 9.97 Å². The van der Waals surface area contributed by atoms with Crippen molar-refractivity contribution in [3.8, 4) is 5.75 Å². The fourth-order valence-electron chi connectivity index (χ4n) is 2.13. The lowest BCUT2D eigenvalue weighted by atomic mass is 10.1. The first-order valence-corrected chi connectivity index (χ1v) is 6.15. The van der Waals surface area contributed by atoms with Crippen LogP contribution in [-0.2, 0) is 0 Å². The molecule has 9 heteroatoms. The van der Waals surface area contributed by atoms with E-state index in [1.165, 1.54) is 0 Å². The Bertz CT molecular complexity index is 692. The van der Waals surface area contributed by atoms with Gasteiger partial charge in [0, 0.05) is 5.56 Å². The molecule has 0 saturated heterocycles. The van der Waals surface area contributed by atoms with Crippen LogP contribution >= 0.6 is 0 Å². The van der Waals surface area contributed by atoms with Crippen LogP contribution in [-0.4, -0.2) is 21.5 Å². The third kappa shape index (κ3) is 2.41. The van der Waals surface area contributed by atoms with Crippen LogP contribution in [0.3, 0.4) is 0 Å². The molecule has 9 nitrogen and oxygen atoms in total. The van der Waals surface area contributed by atoms with Crippen LogP contribution < -0.4 is 21.3 Å². The maximum atomic E-state index is 11.0. The average molecular weight is 288 g/mol. The first-order chi connectivity index (χ1) is 10.2. The normalized spacial score (nSPS) is 16.0. The average Bonchev–Trinajstić information content (AvgIpc) is 2.90. The van der Waals surface area contributed by atoms with E-state index in [0.717, 1.165) is 17.5 Å². The largest absolute Gasteiger partial charge is 0.491 e. The highest BCUT2D eigenvalue weighted by molar-refractivity contribution is 5.59. The molecule has 0 saturated carbocycles. The Morgan fingerprint density at radius 1 is 1.43 bits per heavy atom. The van der Waals surface area contributed by atoms with Crippen LogP contribution in [0.2, 0.25) is 0 Å². The second kappa shape index (κ2) is 5.21. The molecule has 0 amide bonds. The molecule has 4 N–H and O–H groups in total.